The van der Waals surface area contributed by atoms with E-state index in [-0.39, 0.29) is 0 Å². The highest BCUT2D eigenvalue weighted by molar-refractivity contribution is 7.92. The number of hydrogen-bond acceptors (Lipinski definition) is 5. The van der Waals surface area contributed by atoms with Gasteiger partial charge < -0.3 is 9.84 Å². The number of ether oxygens (including phenoxy) is 1. The number of carbonyl (C=O) groups is 1. The van der Waals surface area contributed by atoms with Crippen LogP contribution in [0, 0.1) is 18.7 Å². The Morgan fingerprint density at radius 1 is 1.21 bits per heavy atom. The lowest BCUT2D eigenvalue weighted by Gasteiger charge is -2.18. The number of nitrogens with zero attached hydrogens (tertiary/aromatic N) is 1. The van der Waals surface area contributed by atoms with Crippen LogP contribution >= 0.6 is 0 Å². The van der Waals surface area contributed by atoms with Gasteiger partial charge in [-0.1, -0.05) is 6.07 Å². The summed E-state index contributed by atoms with van der Waals surface area (Å²) in [7, 11) is -4.22. The van der Waals surface area contributed by atoms with Crippen LogP contribution in [0.15, 0.2) is 30.3 Å². The molecule has 28 heavy (non-hydrogen) atoms. The maximum Gasteiger partial charge on any atom is 0.326 e. The van der Waals surface area contributed by atoms with E-state index in [0.717, 1.165) is 24.5 Å². The van der Waals surface area contributed by atoms with E-state index in [9.17, 15) is 22.7 Å². The Balaban J connectivity index is 1.69. The highest BCUT2D eigenvalue weighted by atomic mass is 32.2. The van der Waals surface area contributed by atoms with Gasteiger partial charge in [-0.3, -0.25) is 4.79 Å². The molecule has 0 unspecified atom stereocenters. The van der Waals surface area contributed by atoms with E-state index < -0.39 is 39.9 Å². The number of amides is 1. The number of carbonyl (C=O) groups excluding carboxylic acids is 1. The summed E-state index contributed by atoms with van der Waals surface area (Å²) < 4.78 is 46.7. The molecule has 0 spiro atoms. The monoisotopic (exact) mass is 406 g/mol. The van der Waals surface area contributed by atoms with Gasteiger partial charge in [-0.15, -0.1) is 0 Å². The highest BCUT2D eigenvalue weighted by Crippen LogP contribution is 2.38. The summed E-state index contributed by atoms with van der Waals surface area (Å²) in [4.78, 5) is 11.4. The number of phenols is 1. The summed E-state index contributed by atoms with van der Waals surface area (Å²) in [6.07, 6.45) is 2.33. The zero-order valence-electron chi connectivity index (χ0n) is 15.1. The number of halogens is 1. The number of rotatable bonds is 5. The lowest BCUT2D eigenvalue weighted by molar-refractivity contribution is -0.117. The Kier molecular flexibility index (Phi) is 4.41. The van der Waals surface area contributed by atoms with Gasteiger partial charge in [0.25, 0.3) is 5.91 Å². The van der Waals surface area contributed by atoms with Crippen molar-refractivity contribution in [3.8, 4) is 22.6 Å². The first-order valence-corrected chi connectivity index (χ1v) is 10.3. The summed E-state index contributed by atoms with van der Waals surface area (Å²) in [5.74, 6) is -1.07. The van der Waals surface area contributed by atoms with Crippen LogP contribution in [0.25, 0.3) is 11.1 Å². The topological polar surface area (TPSA) is 95.9 Å². The summed E-state index contributed by atoms with van der Waals surface area (Å²) in [6, 6.07) is 7.85. The smallest absolute Gasteiger partial charge is 0.326 e. The van der Waals surface area contributed by atoms with Gasteiger partial charge >= 0.3 is 10.2 Å². The third kappa shape index (κ3) is 3.62. The molecule has 1 aliphatic heterocycles. The number of phenolic OH excluding ortho intramolecular Hbond substituents is 1. The summed E-state index contributed by atoms with van der Waals surface area (Å²) in [5.41, 5.74) is 1.35. The number of aryl methyl sites for hydroxylation is 1. The van der Waals surface area contributed by atoms with Crippen LogP contribution in [0.2, 0.25) is 0 Å². The van der Waals surface area contributed by atoms with Gasteiger partial charge in [-0.2, -0.15) is 8.42 Å². The van der Waals surface area contributed by atoms with Crippen molar-refractivity contribution in [1.29, 1.82) is 0 Å². The fourth-order valence-corrected chi connectivity index (χ4v) is 4.31. The highest BCUT2D eigenvalue weighted by Gasteiger charge is 2.37. The molecule has 0 atom stereocenters. The van der Waals surface area contributed by atoms with E-state index in [2.05, 4.69) is 0 Å². The number of nitrogens with one attached hydrogen (secondary N) is 1. The average molecular weight is 406 g/mol. The van der Waals surface area contributed by atoms with Crippen LogP contribution in [-0.4, -0.2) is 32.6 Å². The van der Waals surface area contributed by atoms with Crippen LogP contribution in [-0.2, 0) is 15.0 Å². The molecule has 2 aliphatic rings. The fraction of sp³-hybridized carbons (Fsp3) is 0.316. The lowest BCUT2D eigenvalue weighted by Crippen LogP contribution is -2.30. The second-order valence-corrected chi connectivity index (χ2v) is 8.75. The molecule has 9 heteroatoms. The van der Waals surface area contributed by atoms with E-state index in [1.807, 2.05) is 19.1 Å². The number of benzene rings is 2. The predicted molar refractivity (Wildman–Crippen MR) is 101 cm³/mol. The Bertz CT molecular complexity index is 1040. The average Bonchev–Trinajstić information content (AvgIpc) is 3.37. The Morgan fingerprint density at radius 3 is 2.54 bits per heavy atom. The van der Waals surface area contributed by atoms with Crippen molar-refractivity contribution in [3.63, 3.8) is 0 Å². The van der Waals surface area contributed by atoms with E-state index in [1.54, 1.807) is 10.8 Å². The first-order valence-electron chi connectivity index (χ1n) is 8.83. The maximum absolute atomic E-state index is 14.7. The molecule has 0 bridgehead atoms. The van der Waals surface area contributed by atoms with Crippen molar-refractivity contribution in [1.82, 2.24) is 4.72 Å². The molecule has 1 amide bonds. The minimum absolute atomic E-state index is 0.370. The van der Waals surface area contributed by atoms with Crippen LogP contribution in [0.1, 0.15) is 18.4 Å². The molecule has 1 saturated carbocycles. The second kappa shape index (κ2) is 6.66. The third-order valence-corrected chi connectivity index (χ3v) is 6.06. The molecular formula is C19H19FN2O5S. The SMILES string of the molecule is Cc1cc(OCC2CC2)cc(-c2cc(O)c(N3CC(=O)NS3(=O)=O)c(F)c2)c1. The van der Waals surface area contributed by atoms with Crippen molar-refractivity contribution >= 4 is 21.8 Å². The lowest BCUT2D eigenvalue weighted by atomic mass is 10.0. The van der Waals surface area contributed by atoms with Crippen LogP contribution < -0.4 is 13.8 Å². The van der Waals surface area contributed by atoms with Gasteiger partial charge in [-0.25, -0.2) is 13.4 Å². The van der Waals surface area contributed by atoms with Crippen LogP contribution in [0.3, 0.4) is 0 Å². The molecule has 1 heterocycles. The van der Waals surface area contributed by atoms with E-state index in [0.29, 0.717) is 33.7 Å². The zero-order valence-corrected chi connectivity index (χ0v) is 15.9. The van der Waals surface area contributed by atoms with E-state index in [4.69, 9.17) is 4.74 Å². The molecule has 2 aromatic rings. The molecule has 2 aromatic carbocycles. The first-order chi connectivity index (χ1) is 13.2. The molecular weight excluding hydrogens is 387 g/mol. The molecule has 7 nitrogen and oxygen atoms in total. The minimum Gasteiger partial charge on any atom is -0.506 e. The summed E-state index contributed by atoms with van der Waals surface area (Å²) >= 11 is 0. The molecule has 2 fully saturated rings. The summed E-state index contributed by atoms with van der Waals surface area (Å²) in [6.45, 7) is 1.93. The molecule has 1 aliphatic carbocycles. The largest absolute Gasteiger partial charge is 0.506 e. The predicted octanol–water partition coefficient (Wildman–Crippen LogP) is 2.48. The van der Waals surface area contributed by atoms with Gasteiger partial charge in [-0.05, 0) is 66.6 Å². The van der Waals surface area contributed by atoms with Crippen LogP contribution in [0.5, 0.6) is 11.5 Å². The van der Waals surface area contributed by atoms with E-state index in [1.165, 1.54) is 6.07 Å². The number of hydrogen-bond donors (Lipinski definition) is 2. The molecule has 0 aromatic heterocycles. The standard InChI is InChI=1S/C19H19FN2O5S/c1-11-4-13(6-15(5-11)27-10-12-2-3-12)14-7-16(20)19(17(23)8-14)22-9-18(24)21-28(22,25)26/h4-8,12,23H,2-3,9-10H2,1H3,(H,21,24). The van der Waals surface area contributed by atoms with Crippen molar-refractivity contribution < 1.29 is 27.4 Å². The molecule has 2 N–H and O–H groups in total. The fourth-order valence-electron chi connectivity index (χ4n) is 3.14. The van der Waals surface area contributed by atoms with Crippen molar-refractivity contribution in [3.05, 3.63) is 41.7 Å². The molecule has 4 rings (SSSR count). The van der Waals surface area contributed by atoms with Crippen molar-refractivity contribution in [2.24, 2.45) is 5.92 Å². The van der Waals surface area contributed by atoms with Gasteiger partial charge in [0.2, 0.25) is 0 Å². The zero-order chi connectivity index (χ0) is 20.1. The number of anilines is 1. The van der Waals surface area contributed by atoms with E-state index >= 15 is 0 Å². The van der Waals surface area contributed by atoms with Gasteiger partial charge in [0.15, 0.2) is 5.82 Å². The second-order valence-electron chi connectivity index (χ2n) is 7.15. The molecule has 0 radical (unpaired) electrons. The van der Waals surface area contributed by atoms with Gasteiger partial charge in [0.05, 0.1) is 6.61 Å². The van der Waals surface area contributed by atoms with Crippen molar-refractivity contribution in [2.75, 3.05) is 17.5 Å². The number of aromatic hydroxyl groups is 1. The minimum atomic E-state index is -4.22. The van der Waals surface area contributed by atoms with Crippen molar-refractivity contribution in [2.45, 2.75) is 19.8 Å². The molecule has 1 saturated heterocycles. The third-order valence-electron chi connectivity index (χ3n) is 4.68. The van der Waals surface area contributed by atoms with Gasteiger partial charge in [0.1, 0.15) is 23.7 Å². The molecule has 148 valence electrons. The Hall–Kier alpha value is -2.81. The normalized spacial score (nSPS) is 18.2. The van der Waals surface area contributed by atoms with Crippen LogP contribution in [0.4, 0.5) is 10.1 Å². The first kappa shape index (κ1) is 18.5. The summed E-state index contributed by atoms with van der Waals surface area (Å²) in [5, 5.41) is 10.3. The Morgan fingerprint density at radius 2 is 1.93 bits per heavy atom. The quantitative estimate of drug-likeness (QED) is 0.795. The Labute approximate surface area is 161 Å². The maximum atomic E-state index is 14.7. The van der Waals surface area contributed by atoms with Gasteiger partial charge in [0, 0.05) is 0 Å².